The molecule has 0 aromatic heterocycles. The van der Waals surface area contributed by atoms with Gasteiger partial charge in [-0.2, -0.15) is 0 Å². The highest BCUT2D eigenvalue weighted by Crippen LogP contribution is 2.24. The maximum Gasteiger partial charge on any atom is 0.255 e. The number of hydrogen-bond donors (Lipinski definition) is 2. The molecule has 23 heavy (non-hydrogen) atoms. The molecule has 0 saturated heterocycles. The SMILES string of the molecule is Cl.NC(=O)COc1ccc(Cl)cc1CNC1CCCCCCC1. The summed E-state index contributed by atoms with van der Waals surface area (Å²) in [5, 5.41) is 4.27. The van der Waals surface area contributed by atoms with Crippen molar-refractivity contribution in [3.8, 4) is 5.75 Å². The van der Waals surface area contributed by atoms with Crippen LogP contribution in [0.1, 0.15) is 50.5 Å². The van der Waals surface area contributed by atoms with E-state index >= 15 is 0 Å². The molecular weight excluding hydrogens is 335 g/mol. The number of rotatable bonds is 6. The molecule has 1 amide bonds. The van der Waals surface area contributed by atoms with Gasteiger partial charge in [0.15, 0.2) is 6.61 Å². The van der Waals surface area contributed by atoms with E-state index in [-0.39, 0.29) is 19.0 Å². The largest absolute Gasteiger partial charge is 0.483 e. The van der Waals surface area contributed by atoms with Gasteiger partial charge in [0.2, 0.25) is 0 Å². The van der Waals surface area contributed by atoms with Crippen molar-refractivity contribution in [3.63, 3.8) is 0 Å². The summed E-state index contributed by atoms with van der Waals surface area (Å²) in [7, 11) is 0. The predicted octanol–water partition coefficient (Wildman–Crippen LogP) is 3.83. The average Bonchev–Trinajstić information content (AvgIpc) is 2.45. The number of ether oxygens (including phenoxy) is 1. The molecule has 0 aliphatic heterocycles. The van der Waals surface area contributed by atoms with E-state index in [2.05, 4.69) is 5.32 Å². The van der Waals surface area contributed by atoms with Crippen molar-refractivity contribution >= 4 is 29.9 Å². The summed E-state index contributed by atoms with van der Waals surface area (Å²) in [6, 6.07) is 5.98. The Labute approximate surface area is 149 Å². The van der Waals surface area contributed by atoms with E-state index in [4.69, 9.17) is 22.1 Å². The number of amides is 1. The molecule has 1 aliphatic carbocycles. The van der Waals surface area contributed by atoms with Gasteiger partial charge in [-0.25, -0.2) is 0 Å². The summed E-state index contributed by atoms with van der Waals surface area (Å²) in [4.78, 5) is 10.9. The summed E-state index contributed by atoms with van der Waals surface area (Å²) in [6.45, 7) is 0.581. The normalized spacial score (nSPS) is 16.0. The van der Waals surface area contributed by atoms with Crippen molar-refractivity contribution in [2.75, 3.05) is 6.61 Å². The Balaban J connectivity index is 0.00000264. The van der Waals surface area contributed by atoms with E-state index in [1.807, 2.05) is 6.07 Å². The first kappa shape index (κ1) is 20.1. The van der Waals surface area contributed by atoms with Crippen LogP contribution in [0.2, 0.25) is 5.02 Å². The molecule has 0 bridgehead atoms. The van der Waals surface area contributed by atoms with Gasteiger partial charge in [0.1, 0.15) is 5.75 Å². The zero-order chi connectivity index (χ0) is 15.8. The van der Waals surface area contributed by atoms with E-state index in [0.717, 1.165) is 5.56 Å². The molecule has 1 aromatic rings. The van der Waals surface area contributed by atoms with Gasteiger partial charge in [0.25, 0.3) is 5.91 Å². The standard InChI is InChI=1S/C17H25ClN2O2.ClH/c18-14-8-9-16(22-12-17(19)21)13(10-14)11-20-15-6-4-2-1-3-5-7-15;/h8-10,15,20H,1-7,11-12H2,(H2,19,21);1H. The van der Waals surface area contributed by atoms with Gasteiger partial charge >= 0.3 is 0 Å². The first-order valence-corrected chi connectivity index (χ1v) is 8.46. The maximum absolute atomic E-state index is 10.9. The molecule has 3 N–H and O–H groups in total. The van der Waals surface area contributed by atoms with Crippen LogP contribution >= 0.6 is 24.0 Å². The van der Waals surface area contributed by atoms with Gasteiger partial charge in [0, 0.05) is 23.2 Å². The van der Waals surface area contributed by atoms with E-state index in [1.165, 1.54) is 44.9 Å². The molecule has 0 unspecified atom stereocenters. The van der Waals surface area contributed by atoms with E-state index in [9.17, 15) is 4.79 Å². The van der Waals surface area contributed by atoms with Crippen molar-refractivity contribution in [2.45, 2.75) is 57.5 Å². The Morgan fingerprint density at radius 2 is 1.87 bits per heavy atom. The number of nitrogens with one attached hydrogen (secondary N) is 1. The van der Waals surface area contributed by atoms with Gasteiger partial charge in [-0.3, -0.25) is 4.79 Å². The summed E-state index contributed by atoms with van der Waals surface area (Å²) < 4.78 is 5.46. The van der Waals surface area contributed by atoms with Crippen LogP contribution in [0.5, 0.6) is 5.75 Å². The summed E-state index contributed by atoms with van der Waals surface area (Å²) in [5.41, 5.74) is 6.11. The third-order valence-corrected chi connectivity index (χ3v) is 4.31. The molecule has 0 atom stereocenters. The second-order valence-electron chi connectivity index (χ2n) is 5.93. The van der Waals surface area contributed by atoms with Gasteiger partial charge in [-0.15, -0.1) is 12.4 Å². The molecule has 6 heteroatoms. The van der Waals surface area contributed by atoms with Crippen molar-refractivity contribution in [3.05, 3.63) is 28.8 Å². The number of nitrogens with two attached hydrogens (primary N) is 1. The molecule has 1 fully saturated rings. The van der Waals surface area contributed by atoms with E-state index in [0.29, 0.717) is 23.4 Å². The molecule has 0 radical (unpaired) electrons. The maximum atomic E-state index is 10.9. The molecule has 1 saturated carbocycles. The fourth-order valence-electron chi connectivity index (χ4n) is 2.89. The van der Waals surface area contributed by atoms with Crippen molar-refractivity contribution < 1.29 is 9.53 Å². The molecule has 130 valence electrons. The Morgan fingerprint density at radius 3 is 2.52 bits per heavy atom. The highest BCUT2D eigenvalue weighted by atomic mass is 35.5. The number of carbonyl (C=O) groups excluding carboxylic acids is 1. The second-order valence-corrected chi connectivity index (χ2v) is 6.37. The number of carbonyl (C=O) groups is 1. The Kier molecular flexibility index (Phi) is 9.37. The van der Waals surface area contributed by atoms with Crippen LogP contribution in [0.25, 0.3) is 0 Å². The van der Waals surface area contributed by atoms with Crippen LogP contribution in [-0.2, 0) is 11.3 Å². The minimum Gasteiger partial charge on any atom is -0.483 e. The molecule has 0 spiro atoms. The van der Waals surface area contributed by atoms with Gasteiger partial charge in [-0.05, 0) is 31.0 Å². The second kappa shape index (κ2) is 10.7. The number of primary amides is 1. The topological polar surface area (TPSA) is 64.4 Å². The van der Waals surface area contributed by atoms with Gasteiger partial charge < -0.3 is 15.8 Å². The highest BCUT2D eigenvalue weighted by molar-refractivity contribution is 6.30. The summed E-state index contributed by atoms with van der Waals surface area (Å²) in [5.74, 6) is 0.190. The average molecular weight is 361 g/mol. The third-order valence-electron chi connectivity index (χ3n) is 4.08. The Bertz CT molecular complexity index is 489. The van der Waals surface area contributed by atoms with Crippen LogP contribution in [-0.4, -0.2) is 18.6 Å². The lowest BCUT2D eigenvalue weighted by Crippen LogP contribution is -2.29. The van der Waals surface area contributed by atoms with Gasteiger partial charge in [-0.1, -0.05) is 43.7 Å². The highest BCUT2D eigenvalue weighted by Gasteiger charge is 2.12. The molecule has 2 rings (SSSR count). The Hall–Kier alpha value is -0.970. The summed E-state index contributed by atoms with van der Waals surface area (Å²) in [6.07, 6.45) is 9.06. The zero-order valence-corrected chi connectivity index (χ0v) is 14.9. The quantitative estimate of drug-likeness (QED) is 0.809. The van der Waals surface area contributed by atoms with Crippen LogP contribution in [0.3, 0.4) is 0 Å². The van der Waals surface area contributed by atoms with Crippen LogP contribution in [0, 0.1) is 0 Å². The van der Waals surface area contributed by atoms with Crippen LogP contribution in [0.15, 0.2) is 18.2 Å². The lowest BCUT2D eigenvalue weighted by atomic mass is 9.96. The minimum absolute atomic E-state index is 0. The van der Waals surface area contributed by atoms with Crippen LogP contribution in [0.4, 0.5) is 0 Å². The fraction of sp³-hybridized carbons (Fsp3) is 0.588. The number of halogens is 2. The third kappa shape index (κ3) is 7.42. The van der Waals surface area contributed by atoms with E-state index < -0.39 is 5.91 Å². The van der Waals surface area contributed by atoms with E-state index in [1.54, 1.807) is 12.1 Å². The first-order chi connectivity index (χ1) is 10.6. The molecular formula is C17H26Cl2N2O2. The number of hydrogen-bond acceptors (Lipinski definition) is 3. The van der Waals surface area contributed by atoms with Gasteiger partial charge in [0.05, 0.1) is 0 Å². The molecule has 4 nitrogen and oxygen atoms in total. The smallest absolute Gasteiger partial charge is 0.255 e. The Morgan fingerprint density at radius 1 is 1.22 bits per heavy atom. The molecule has 1 aliphatic rings. The lowest BCUT2D eigenvalue weighted by molar-refractivity contribution is -0.119. The summed E-state index contributed by atoms with van der Waals surface area (Å²) >= 11 is 6.07. The lowest BCUT2D eigenvalue weighted by Gasteiger charge is -2.22. The minimum atomic E-state index is -0.478. The monoisotopic (exact) mass is 360 g/mol. The predicted molar refractivity (Wildman–Crippen MR) is 96.3 cm³/mol. The zero-order valence-electron chi connectivity index (χ0n) is 13.4. The van der Waals surface area contributed by atoms with Crippen molar-refractivity contribution in [2.24, 2.45) is 5.73 Å². The molecule has 1 aromatic carbocycles. The number of benzene rings is 1. The van der Waals surface area contributed by atoms with Crippen molar-refractivity contribution in [1.29, 1.82) is 0 Å². The van der Waals surface area contributed by atoms with Crippen molar-refractivity contribution in [1.82, 2.24) is 5.32 Å². The molecule has 0 heterocycles. The fourth-order valence-corrected chi connectivity index (χ4v) is 3.09. The van der Waals surface area contributed by atoms with Crippen LogP contribution < -0.4 is 15.8 Å². The first-order valence-electron chi connectivity index (χ1n) is 8.08.